The third kappa shape index (κ3) is 3.52. The second-order valence-electron chi connectivity index (χ2n) is 12.5. The summed E-state index contributed by atoms with van der Waals surface area (Å²) < 4.78 is 3.55. The van der Waals surface area contributed by atoms with Crippen LogP contribution in [0.25, 0.3) is 102 Å². The van der Waals surface area contributed by atoms with Gasteiger partial charge in [0.05, 0.1) is 11.0 Å². The van der Waals surface area contributed by atoms with Crippen molar-refractivity contribution in [2.45, 2.75) is 0 Å². The van der Waals surface area contributed by atoms with Gasteiger partial charge in [0.15, 0.2) is 5.82 Å². The van der Waals surface area contributed by atoms with Gasteiger partial charge in [0.2, 0.25) is 0 Å². The highest BCUT2D eigenvalue weighted by atomic mass is 32.1. The van der Waals surface area contributed by atoms with Crippen LogP contribution in [-0.4, -0.2) is 14.5 Å². The first kappa shape index (κ1) is 26.0. The van der Waals surface area contributed by atoms with Crippen LogP contribution < -0.4 is 0 Å². The number of nitrogens with zero attached hydrogens (tertiary/aromatic N) is 3. The zero-order chi connectivity index (χ0) is 31.3. The summed E-state index contributed by atoms with van der Waals surface area (Å²) in [5.74, 6) is 0.847. The van der Waals surface area contributed by atoms with E-state index < -0.39 is 0 Å². The Morgan fingerprint density at radius 1 is 0.438 bits per heavy atom. The van der Waals surface area contributed by atoms with Gasteiger partial charge in [-0.25, -0.2) is 9.97 Å². The molecule has 3 heterocycles. The third-order valence-corrected chi connectivity index (χ3v) is 11.0. The van der Waals surface area contributed by atoms with Crippen LogP contribution >= 0.6 is 11.3 Å². The molecule has 0 spiro atoms. The minimum atomic E-state index is 0.847. The summed E-state index contributed by atoms with van der Waals surface area (Å²) in [5.41, 5.74) is 5.16. The topological polar surface area (TPSA) is 30.7 Å². The Bertz CT molecular complexity index is 3090. The van der Waals surface area contributed by atoms with Gasteiger partial charge in [0.25, 0.3) is 0 Å². The standard InChI is InChI=1S/C44H25N3S/c1-2-13-27-25-38-36(24-26(27)12-1)31-17-7-9-22-37(31)47(38)43-41(45-42-34-19-8-10-23-39(34)48-44(42)46-43)35-21-11-20-33-30-15-4-3-14-28(30)29-16-5-6-18-32(29)40(33)35/h1-25H. The molecule has 0 amide bonds. The van der Waals surface area contributed by atoms with Gasteiger partial charge in [-0.3, -0.25) is 4.57 Å². The Morgan fingerprint density at radius 3 is 1.79 bits per heavy atom. The highest BCUT2D eigenvalue weighted by Crippen LogP contribution is 2.44. The molecule has 48 heavy (non-hydrogen) atoms. The van der Waals surface area contributed by atoms with Crippen LogP contribution in [0.4, 0.5) is 0 Å². The lowest BCUT2D eigenvalue weighted by atomic mass is 9.90. The molecule has 0 saturated carbocycles. The molecule has 0 atom stereocenters. The number of rotatable bonds is 2. The van der Waals surface area contributed by atoms with Crippen LogP contribution in [0.1, 0.15) is 0 Å². The van der Waals surface area contributed by atoms with E-state index in [0.29, 0.717) is 0 Å². The molecule has 0 unspecified atom stereocenters. The lowest BCUT2D eigenvalue weighted by molar-refractivity contribution is 1.09. The summed E-state index contributed by atoms with van der Waals surface area (Å²) in [4.78, 5) is 12.2. The fourth-order valence-corrected chi connectivity index (χ4v) is 8.90. The zero-order valence-electron chi connectivity index (χ0n) is 25.7. The first-order valence-electron chi connectivity index (χ1n) is 16.3. The van der Waals surface area contributed by atoms with Gasteiger partial charge in [-0.1, -0.05) is 127 Å². The smallest absolute Gasteiger partial charge is 0.166 e. The van der Waals surface area contributed by atoms with Crippen LogP contribution in [0, 0.1) is 0 Å². The molecule has 0 N–H and O–H groups in total. The fourth-order valence-electron chi connectivity index (χ4n) is 7.89. The monoisotopic (exact) mass is 627 g/mol. The van der Waals surface area contributed by atoms with Crippen molar-refractivity contribution >= 4 is 96.7 Å². The second-order valence-corrected chi connectivity index (χ2v) is 13.6. The molecule has 0 radical (unpaired) electrons. The van der Waals surface area contributed by atoms with Crippen LogP contribution in [0.15, 0.2) is 152 Å². The summed E-state index contributed by atoms with van der Waals surface area (Å²) in [6.45, 7) is 0. The number of fused-ring (bicyclic) bond motifs is 13. The molecule has 8 aromatic carbocycles. The van der Waals surface area contributed by atoms with Crippen molar-refractivity contribution in [1.82, 2.24) is 14.5 Å². The van der Waals surface area contributed by atoms with E-state index in [1.165, 1.54) is 58.6 Å². The normalized spacial score (nSPS) is 12.2. The van der Waals surface area contributed by atoms with Gasteiger partial charge < -0.3 is 0 Å². The van der Waals surface area contributed by atoms with Gasteiger partial charge in [0, 0.05) is 26.4 Å². The number of hydrogen-bond donors (Lipinski definition) is 0. The number of aromatic nitrogens is 3. The molecule has 3 nitrogen and oxygen atoms in total. The van der Waals surface area contributed by atoms with E-state index in [1.807, 2.05) is 0 Å². The summed E-state index contributed by atoms with van der Waals surface area (Å²) in [6.07, 6.45) is 0. The van der Waals surface area contributed by atoms with Gasteiger partial charge in [-0.05, 0) is 67.4 Å². The minimum Gasteiger partial charge on any atom is -0.292 e. The van der Waals surface area contributed by atoms with Crippen molar-refractivity contribution in [3.8, 4) is 17.1 Å². The number of hydrogen-bond acceptors (Lipinski definition) is 3. The molecule has 0 fully saturated rings. The van der Waals surface area contributed by atoms with Crippen molar-refractivity contribution in [3.05, 3.63) is 152 Å². The lowest BCUT2D eigenvalue weighted by Gasteiger charge is -2.17. The molecule has 3 aromatic heterocycles. The van der Waals surface area contributed by atoms with Gasteiger partial charge in [-0.15, -0.1) is 11.3 Å². The van der Waals surface area contributed by atoms with Crippen LogP contribution in [0.3, 0.4) is 0 Å². The van der Waals surface area contributed by atoms with Gasteiger partial charge >= 0.3 is 0 Å². The van der Waals surface area contributed by atoms with E-state index in [-0.39, 0.29) is 0 Å². The number of benzene rings is 8. The zero-order valence-corrected chi connectivity index (χ0v) is 26.5. The first-order chi connectivity index (χ1) is 23.8. The predicted molar refractivity (Wildman–Crippen MR) is 205 cm³/mol. The lowest BCUT2D eigenvalue weighted by Crippen LogP contribution is -2.03. The SMILES string of the molecule is c1ccc2cc3c(cc2c1)c1ccccc1n3-c1nc2sc3ccccc3c2nc1-c1cccc2c3ccccc3c3ccccc3c12. The van der Waals surface area contributed by atoms with Crippen LogP contribution in [-0.2, 0) is 0 Å². The Hall–Kier alpha value is -6.10. The number of thiophene rings is 1. The predicted octanol–water partition coefficient (Wildman–Crippen LogP) is 12.2. The molecule has 0 aliphatic rings. The quantitative estimate of drug-likeness (QED) is 0.179. The summed E-state index contributed by atoms with van der Waals surface area (Å²) in [5, 5.41) is 13.4. The van der Waals surface area contributed by atoms with Crippen molar-refractivity contribution in [1.29, 1.82) is 0 Å². The Balaban J connectivity index is 1.36. The van der Waals surface area contributed by atoms with Crippen molar-refractivity contribution in [3.63, 3.8) is 0 Å². The molecule has 11 aromatic rings. The maximum atomic E-state index is 5.63. The Morgan fingerprint density at radius 2 is 1.02 bits per heavy atom. The van der Waals surface area contributed by atoms with E-state index in [2.05, 4.69) is 156 Å². The molecule has 0 bridgehead atoms. The first-order valence-corrected chi connectivity index (χ1v) is 17.1. The molecular formula is C44H25N3S. The Kier molecular flexibility index (Phi) is 5.26. The van der Waals surface area contributed by atoms with E-state index in [4.69, 9.17) is 9.97 Å². The number of para-hydroxylation sites is 1. The molecule has 222 valence electrons. The molecule has 11 rings (SSSR count). The maximum absolute atomic E-state index is 5.63. The van der Waals surface area contributed by atoms with E-state index in [1.54, 1.807) is 11.3 Å². The van der Waals surface area contributed by atoms with Crippen molar-refractivity contribution in [2.24, 2.45) is 0 Å². The second kappa shape index (κ2) is 9.71. The highest BCUT2D eigenvalue weighted by molar-refractivity contribution is 7.25. The van der Waals surface area contributed by atoms with E-state index in [0.717, 1.165) is 43.8 Å². The molecule has 0 aliphatic heterocycles. The van der Waals surface area contributed by atoms with E-state index >= 15 is 0 Å². The van der Waals surface area contributed by atoms with E-state index in [9.17, 15) is 0 Å². The summed E-state index contributed by atoms with van der Waals surface area (Å²) in [6, 6.07) is 54.7. The van der Waals surface area contributed by atoms with Crippen LogP contribution in [0.2, 0.25) is 0 Å². The Labute approximate surface area is 278 Å². The van der Waals surface area contributed by atoms with Crippen LogP contribution in [0.5, 0.6) is 0 Å². The van der Waals surface area contributed by atoms with Gasteiger partial charge in [0.1, 0.15) is 16.0 Å². The average Bonchev–Trinajstić information content (AvgIpc) is 3.67. The summed E-state index contributed by atoms with van der Waals surface area (Å²) >= 11 is 1.71. The average molecular weight is 628 g/mol. The minimum absolute atomic E-state index is 0.847. The van der Waals surface area contributed by atoms with Crippen molar-refractivity contribution in [2.75, 3.05) is 0 Å². The van der Waals surface area contributed by atoms with Gasteiger partial charge in [-0.2, -0.15) is 0 Å². The fraction of sp³-hybridized carbons (Fsp3) is 0. The summed E-state index contributed by atoms with van der Waals surface area (Å²) in [7, 11) is 0. The third-order valence-electron chi connectivity index (χ3n) is 9.97. The van der Waals surface area contributed by atoms with Crippen molar-refractivity contribution < 1.29 is 0 Å². The molecule has 4 heteroatoms. The highest BCUT2D eigenvalue weighted by Gasteiger charge is 2.23. The molecule has 0 aliphatic carbocycles. The molecule has 0 saturated heterocycles. The largest absolute Gasteiger partial charge is 0.292 e. The maximum Gasteiger partial charge on any atom is 0.166 e. The molecular weight excluding hydrogens is 603 g/mol.